The highest BCUT2D eigenvalue weighted by atomic mass is 16.2. The summed E-state index contributed by atoms with van der Waals surface area (Å²) in [6, 6.07) is 9.17. The van der Waals surface area contributed by atoms with Crippen LogP contribution in [0.25, 0.3) is 0 Å². The third kappa shape index (κ3) is 4.69. The lowest BCUT2D eigenvalue weighted by Gasteiger charge is -2.44. The Balaban J connectivity index is 1.28. The number of likely N-dealkylation sites (tertiary alicyclic amines) is 1. The number of aryl methyl sites for hydroxylation is 3. The summed E-state index contributed by atoms with van der Waals surface area (Å²) < 4.78 is 2.12. The van der Waals surface area contributed by atoms with E-state index in [0.29, 0.717) is 12.5 Å². The average molecular weight is 410 g/mol. The number of anilines is 1. The fraction of sp³-hybridized carbons (Fsp3) is 0.583. The van der Waals surface area contributed by atoms with Crippen LogP contribution < -0.4 is 4.90 Å². The predicted molar refractivity (Wildman–Crippen MR) is 121 cm³/mol. The van der Waals surface area contributed by atoms with Gasteiger partial charge in [0.25, 0.3) is 0 Å². The second-order valence-corrected chi connectivity index (χ2v) is 8.59. The molecule has 6 heteroatoms. The molecule has 162 valence electrons. The minimum absolute atomic E-state index is 0.286. The Labute approximate surface area is 180 Å². The highest BCUT2D eigenvalue weighted by molar-refractivity contribution is 5.76. The fourth-order valence-electron chi connectivity index (χ4n) is 4.96. The van der Waals surface area contributed by atoms with Crippen LogP contribution in [0.3, 0.4) is 0 Å². The van der Waals surface area contributed by atoms with Crippen molar-refractivity contribution >= 4 is 11.6 Å². The first kappa shape index (κ1) is 20.9. The standard InChI is InChI=1S/C24H35N5O/c1-3-23-25-11-14-28(23)13-10-24(30)29-12-6-8-21(19-29)26-15-17-27(18-16-26)22-9-5-4-7-20(22)2/h4-5,7,9,11,14,21H,3,6,8,10,12-13,15-19H2,1-2H3/t21-/m1/s1. The maximum atomic E-state index is 12.9. The lowest BCUT2D eigenvalue weighted by molar-refractivity contribution is -0.133. The van der Waals surface area contributed by atoms with Gasteiger partial charge in [0.2, 0.25) is 5.91 Å². The van der Waals surface area contributed by atoms with E-state index in [4.69, 9.17) is 0 Å². The number of carbonyl (C=O) groups is 1. The number of carbonyl (C=O) groups excluding carboxylic acids is 1. The summed E-state index contributed by atoms with van der Waals surface area (Å²) in [6.45, 7) is 11.1. The van der Waals surface area contributed by atoms with Gasteiger partial charge in [-0.05, 0) is 31.4 Å². The quantitative estimate of drug-likeness (QED) is 0.736. The largest absolute Gasteiger partial charge is 0.369 e. The van der Waals surface area contributed by atoms with Crippen LogP contribution in [0.2, 0.25) is 0 Å². The van der Waals surface area contributed by atoms with Crippen LogP contribution in [0.15, 0.2) is 36.7 Å². The molecule has 1 atom stereocenters. The first-order valence-electron chi connectivity index (χ1n) is 11.5. The number of nitrogens with zero attached hydrogens (tertiary/aromatic N) is 5. The predicted octanol–water partition coefficient (Wildman–Crippen LogP) is 2.96. The summed E-state index contributed by atoms with van der Waals surface area (Å²) in [4.78, 5) is 24.4. The number of amides is 1. The molecule has 1 aromatic heterocycles. The van der Waals surface area contributed by atoms with Crippen molar-refractivity contribution < 1.29 is 4.79 Å². The number of hydrogen-bond donors (Lipinski definition) is 0. The third-order valence-corrected chi connectivity index (χ3v) is 6.72. The van der Waals surface area contributed by atoms with E-state index in [1.807, 2.05) is 12.4 Å². The molecule has 0 bridgehead atoms. The normalized spacial score (nSPS) is 20.5. The maximum absolute atomic E-state index is 12.9. The minimum atomic E-state index is 0.286. The Bertz CT molecular complexity index is 840. The lowest BCUT2D eigenvalue weighted by Crippen LogP contribution is -2.56. The third-order valence-electron chi connectivity index (χ3n) is 6.72. The van der Waals surface area contributed by atoms with E-state index in [1.165, 1.54) is 17.7 Å². The van der Waals surface area contributed by atoms with Gasteiger partial charge in [-0.25, -0.2) is 4.98 Å². The molecule has 0 aliphatic carbocycles. The molecule has 30 heavy (non-hydrogen) atoms. The molecule has 0 radical (unpaired) electrons. The zero-order valence-corrected chi connectivity index (χ0v) is 18.5. The van der Waals surface area contributed by atoms with Crippen LogP contribution in [0.5, 0.6) is 0 Å². The van der Waals surface area contributed by atoms with E-state index < -0.39 is 0 Å². The SMILES string of the molecule is CCc1nccn1CCC(=O)N1CCC[C@@H](N2CCN(c3ccccc3C)CC2)C1. The Kier molecular flexibility index (Phi) is 6.72. The Morgan fingerprint density at radius 1 is 1.13 bits per heavy atom. The van der Waals surface area contributed by atoms with Crippen molar-refractivity contribution in [1.29, 1.82) is 0 Å². The van der Waals surface area contributed by atoms with Crippen molar-refractivity contribution in [3.8, 4) is 0 Å². The molecule has 2 aliphatic heterocycles. The highest BCUT2D eigenvalue weighted by Crippen LogP contribution is 2.23. The molecule has 4 rings (SSSR count). The molecule has 2 fully saturated rings. The van der Waals surface area contributed by atoms with Gasteiger partial charge in [0, 0.05) is 82.8 Å². The second kappa shape index (κ2) is 9.65. The van der Waals surface area contributed by atoms with E-state index in [-0.39, 0.29) is 5.91 Å². The maximum Gasteiger partial charge on any atom is 0.224 e. The van der Waals surface area contributed by atoms with Gasteiger partial charge in [-0.3, -0.25) is 9.69 Å². The molecule has 0 saturated carbocycles. The number of piperidine rings is 1. The van der Waals surface area contributed by atoms with Crippen molar-refractivity contribution in [3.63, 3.8) is 0 Å². The number of para-hydroxylation sites is 1. The zero-order chi connectivity index (χ0) is 20.9. The van der Waals surface area contributed by atoms with E-state index in [1.54, 1.807) is 0 Å². The van der Waals surface area contributed by atoms with Gasteiger partial charge in [0.05, 0.1) is 0 Å². The number of imidazole rings is 1. The first-order valence-corrected chi connectivity index (χ1v) is 11.5. The molecule has 0 N–H and O–H groups in total. The summed E-state index contributed by atoms with van der Waals surface area (Å²) in [5.74, 6) is 1.35. The fourth-order valence-corrected chi connectivity index (χ4v) is 4.96. The van der Waals surface area contributed by atoms with Crippen LogP contribution in [-0.4, -0.2) is 70.6 Å². The van der Waals surface area contributed by atoms with Gasteiger partial charge in [-0.15, -0.1) is 0 Å². The van der Waals surface area contributed by atoms with Crippen LogP contribution in [0.1, 0.15) is 37.6 Å². The van der Waals surface area contributed by atoms with Crippen LogP contribution in [-0.2, 0) is 17.8 Å². The molecule has 2 aromatic rings. The molecule has 2 saturated heterocycles. The molecule has 6 nitrogen and oxygen atoms in total. The molecular weight excluding hydrogens is 374 g/mol. The summed E-state index contributed by atoms with van der Waals surface area (Å²) in [6.07, 6.45) is 7.60. The molecule has 0 unspecified atom stereocenters. The number of rotatable bonds is 6. The minimum Gasteiger partial charge on any atom is -0.369 e. The molecular formula is C24H35N5O. The number of benzene rings is 1. The Hall–Kier alpha value is -2.34. The van der Waals surface area contributed by atoms with Crippen molar-refractivity contribution in [2.45, 2.75) is 52.1 Å². The molecule has 1 amide bonds. The van der Waals surface area contributed by atoms with Gasteiger partial charge < -0.3 is 14.4 Å². The van der Waals surface area contributed by atoms with E-state index >= 15 is 0 Å². The summed E-state index contributed by atoms with van der Waals surface area (Å²) in [5, 5.41) is 0. The number of aromatic nitrogens is 2. The van der Waals surface area contributed by atoms with Gasteiger partial charge in [0.1, 0.15) is 5.82 Å². The lowest BCUT2D eigenvalue weighted by atomic mass is 10.0. The van der Waals surface area contributed by atoms with Crippen LogP contribution in [0, 0.1) is 6.92 Å². The van der Waals surface area contributed by atoms with Gasteiger partial charge in [-0.1, -0.05) is 25.1 Å². The Morgan fingerprint density at radius 2 is 1.93 bits per heavy atom. The van der Waals surface area contributed by atoms with Crippen molar-refractivity contribution in [2.24, 2.45) is 0 Å². The van der Waals surface area contributed by atoms with Gasteiger partial charge in [0.15, 0.2) is 0 Å². The van der Waals surface area contributed by atoms with E-state index in [9.17, 15) is 4.79 Å². The van der Waals surface area contributed by atoms with Crippen LogP contribution in [0.4, 0.5) is 5.69 Å². The Morgan fingerprint density at radius 3 is 2.70 bits per heavy atom. The summed E-state index contributed by atoms with van der Waals surface area (Å²) >= 11 is 0. The smallest absolute Gasteiger partial charge is 0.224 e. The van der Waals surface area contributed by atoms with Gasteiger partial charge >= 0.3 is 0 Å². The second-order valence-electron chi connectivity index (χ2n) is 8.59. The van der Waals surface area contributed by atoms with E-state index in [2.05, 4.69) is 62.4 Å². The molecule has 2 aliphatic rings. The van der Waals surface area contributed by atoms with Crippen molar-refractivity contribution in [1.82, 2.24) is 19.4 Å². The summed E-state index contributed by atoms with van der Waals surface area (Å²) in [5.41, 5.74) is 2.72. The van der Waals surface area contributed by atoms with E-state index in [0.717, 1.165) is 64.5 Å². The molecule has 1 aromatic carbocycles. The zero-order valence-electron chi connectivity index (χ0n) is 18.5. The topological polar surface area (TPSA) is 44.6 Å². The van der Waals surface area contributed by atoms with Crippen molar-refractivity contribution in [2.75, 3.05) is 44.2 Å². The van der Waals surface area contributed by atoms with Crippen LogP contribution >= 0.6 is 0 Å². The average Bonchev–Trinajstić information content (AvgIpc) is 3.26. The number of hydrogen-bond acceptors (Lipinski definition) is 4. The molecule has 3 heterocycles. The van der Waals surface area contributed by atoms with Gasteiger partial charge in [-0.2, -0.15) is 0 Å². The van der Waals surface area contributed by atoms with Crippen molar-refractivity contribution in [3.05, 3.63) is 48.0 Å². The first-order chi connectivity index (χ1) is 14.7. The molecule has 0 spiro atoms. The summed E-state index contributed by atoms with van der Waals surface area (Å²) in [7, 11) is 0. The monoisotopic (exact) mass is 409 g/mol. The number of piperazine rings is 1. The highest BCUT2D eigenvalue weighted by Gasteiger charge is 2.30.